The van der Waals surface area contributed by atoms with Gasteiger partial charge in [0.05, 0.1) is 16.9 Å². The Morgan fingerprint density at radius 2 is 2.00 bits per heavy atom. The minimum Gasteiger partial charge on any atom is -0.309 e. The highest BCUT2D eigenvalue weighted by molar-refractivity contribution is 5.60. The van der Waals surface area contributed by atoms with Gasteiger partial charge in [0.15, 0.2) is 0 Å². The highest BCUT2D eigenvalue weighted by Gasteiger charge is 2.59. The number of hydrogen-bond donors (Lipinski definition) is 1. The SMILES string of the molecule is Cc1cc(-c2cc3n(n2)C2(CNC3)CC(F)(F)C2)ccc1F. The van der Waals surface area contributed by atoms with E-state index >= 15 is 0 Å². The Bertz CT molecular complexity index is 743. The van der Waals surface area contributed by atoms with Crippen molar-refractivity contribution in [1.29, 1.82) is 0 Å². The van der Waals surface area contributed by atoms with Crippen molar-refractivity contribution >= 4 is 0 Å². The number of alkyl halides is 2. The average Bonchev–Trinajstić information content (AvgIpc) is 2.85. The molecule has 1 saturated carbocycles. The number of hydrogen-bond acceptors (Lipinski definition) is 2. The molecule has 22 heavy (non-hydrogen) atoms. The van der Waals surface area contributed by atoms with E-state index in [-0.39, 0.29) is 18.7 Å². The Morgan fingerprint density at radius 1 is 1.23 bits per heavy atom. The van der Waals surface area contributed by atoms with E-state index in [1.54, 1.807) is 23.7 Å². The molecular weight excluding hydrogens is 291 g/mol. The molecule has 1 aliphatic heterocycles. The van der Waals surface area contributed by atoms with Crippen LogP contribution in [-0.4, -0.2) is 22.2 Å². The first-order valence-electron chi connectivity index (χ1n) is 7.33. The molecule has 6 heteroatoms. The molecular formula is C16H16F3N3. The third kappa shape index (κ3) is 1.97. The molecule has 3 nitrogen and oxygen atoms in total. The maximum atomic E-state index is 13.4. The highest BCUT2D eigenvalue weighted by Crippen LogP contribution is 2.51. The van der Waals surface area contributed by atoms with Gasteiger partial charge >= 0.3 is 0 Å². The highest BCUT2D eigenvalue weighted by atomic mass is 19.3. The Balaban J connectivity index is 1.75. The van der Waals surface area contributed by atoms with Crippen molar-refractivity contribution in [3.05, 3.63) is 41.3 Å². The van der Waals surface area contributed by atoms with Gasteiger partial charge in [-0.2, -0.15) is 5.10 Å². The van der Waals surface area contributed by atoms with Gasteiger partial charge in [-0.25, -0.2) is 13.2 Å². The number of rotatable bonds is 1. The van der Waals surface area contributed by atoms with E-state index in [9.17, 15) is 13.2 Å². The average molecular weight is 307 g/mol. The summed E-state index contributed by atoms with van der Waals surface area (Å²) in [6.07, 6.45) is -0.354. The Kier molecular flexibility index (Phi) is 2.73. The van der Waals surface area contributed by atoms with Gasteiger partial charge in [0.25, 0.3) is 5.92 Å². The lowest BCUT2D eigenvalue weighted by Crippen LogP contribution is -2.61. The molecule has 4 rings (SSSR count). The molecule has 1 aromatic heterocycles. The summed E-state index contributed by atoms with van der Waals surface area (Å²) in [5, 5.41) is 7.76. The molecule has 0 amide bonds. The second kappa shape index (κ2) is 4.35. The quantitative estimate of drug-likeness (QED) is 0.876. The first kappa shape index (κ1) is 13.8. The summed E-state index contributed by atoms with van der Waals surface area (Å²) in [5.41, 5.74) is 2.34. The third-order valence-corrected chi connectivity index (χ3v) is 4.62. The minimum absolute atomic E-state index is 0.177. The van der Waals surface area contributed by atoms with Crippen molar-refractivity contribution in [2.75, 3.05) is 6.54 Å². The van der Waals surface area contributed by atoms with E-state index in [0.29, 0.717) is 24.3 Å². The second-order valence-electron chi connectivity index (χ2n) is 6.43. The number of fused-ring (bicyclic) bond motifs is 2. The van der Waals surface area contributed by atoms with Gasteiger partial charge in [-0.05, 0) is 36.8 Å². The smallest absolute Gasteiger partial charge is 0.252 e. The van der Waals surface area contributed by atoms with Gasteiger partial charge < -0.3 is 5.32 Å². The lowest BCUT2D eigenvalue weighted by atomic mass is 9.72. The predicted octanol–water partition coefficient (Wildman–Crippen LogP) is 3.23. The van der Waals surface area contributed by atoms with E-state index in [2.05, 4.69) is 10.4 Å². The van der Waals surface area contributed by atoms with Gasteiger partial charge in [-0.15, -0.1) is 0 Å². The van der Waals surface area contributed by atoms with Crippen molar-refractivity contribution in [3.63, 3.8) is 0 Å². The largest absolute Gasteiger partial charge is 0.309 e. The Hall–Kier alpha value is -1.82. The molecule has 2 aromatic rings. The molecule has 1 aliphatic carbocycles. The fourth-order valence-electron chi connectivity index (χ4n) is 3.59. The summed E-state index contributed by atoms with van der Waals surface area (Å²) in [7, 11) is 0. The van der Waals surface area contributed by atoms with Gasteiger partial charge in [0.1, 0.15) is 5.82 Å². The molecule has 1 N–H and O–H groups in total. The van der Waals surface area contributed by atoms with E-state index in [4.69, 9.17) is 0 Å². The summed E-state index contributed by atoms with van der Waals surface area (Å²) >= 11 is 0. The van der Waals surface area contributed by atoms with Crippen LogP contribution in [0.25, 0.3) is 11.3 Å². The predicted molar refractivity (Wildman–Crippen MR) is 76.2 cm³/mol. The maximum absolute atomic E-state index is 13.4. The molecule has 0 unspecified atom stereocenters. The van der Waals surface area contributed by atoms with Crippen LogP contribution >= 0.6 is 0 Å². The van der Waals surface area contributed by atoms with E-state index in [0.717, 1.165) is 11.3 Å². The first-order chi connectivity index (χ1) is 10.4. The zero-order valence-electron chi connectivity index (χ0n) is 12.2. The lowest BCUT2D eigenvalue weighted by Gasteiger charge is -2.50. The Morgan fingerprint density at radius 3 is 2.68 bits per heavy atom. The van der Waals surface area contributed by atoms with Crippen molar-refractivity contribution in [1.82, 2.24) is 15.1 Å². The van der Waals surface area contributed by atoms with Gasteiger partial charge in [0.2, 0.25) is 0 Å². The minimum atomic E-state index is -2.60. The van der Waals surface area contributed by atoms with Crippen LogP contribution in [0, 0.1) is 12.7 Å². The van der Waals surface area contributed by atoms with E-state index in [1.807, 2.05) is 6.07 Å². The summed E-state index contributed by atoms with van der Waals surface area (Å²) < 4.78 is 41.9. The number of nitrogens with zero attached hydrogens (tertiary/aromatic N) is 2. The van der Waals surface area contributed by atoms with Gasteiger partial charge in [0, 0.05) is 31.5 Å². The van der Waals surface area contributed by atoms with Crippen LogP contribution in [-0.2, 0) is 12.1 Å². The Labute approximate surface area is 126 Å². The van der Waals surface area contributed by atoms with Crippen LogP contribution in [0.4, 0.5) is 13.2 Å². The van der Waals surface area contributed by atoms with Crippen LogP contribution in [0.2, 0.25) is 0 Å². The molecule has 2 aliphatic rings. The molecule has 0 saturated heterocycles. The summed E-state index contributed by atoms with van der Waals surface area (Å²) in [5.74, 6) is -2.86. The zero-order chi connectivity index (χ0) is 15.5. The van der Waals surface area contributed by atoms with Gasteiger partial charge in [-0.3, -0.25) is 4.68 Å². The number of nitrogens with one attached hydrogen (secondary N) is 1. The first-order valence-corrected chi connectivity index (χ1v) is 7.33. The number of halogens is 3. The van der Waals surface area contributed by atoms with Crippen molar-refractivity contribution in [2.24, 2.45) is 0 Å². The summed E-state index contributed by atoms with van der Waals surface area (Å²) in [6.45, 7) is 2.82. The fraction of sp³-hybridized carbons (Fsp3) is 0.438. The standard InChI is InChI=1S/C16H16F3N3/c1-10-4-11(2-3-13(10)17)14-5-12-6-20-9-15(22(12)21-14)7-16(18,19)8-15/h2-5,20H,6-9H2,1H3. The molecule has 0 radical (unpaired) electrons. The third-order valence-electron chi connectivity index (χ3n) is 4.62. The lowest BCUT2D eigenvalue weighted by molar-refractivity contribution is -0.158. The molecule has 0 atom stereocenters. The molecule has 1 spiro atoms. The fourth-order valence-corrected chi connectivity index (χ4v) is 3.59. The molecule has 1 fully saturated rings. The van der Waals surface area contributed by atoms with Gasteiger partial charge in [-0.1, -0.05) is 0 Å². The van der Waals surface area contributed by atoms with Crippen LogP contribution in [0.1, 0.15) is 24.1 Å². The zero-order valence-corrected chi connectivity index (χ0v) is 12.2. The second-order valence-corrected chi connectivity index (χ2v) is 6.43. The van der Waals surface area contributed by atoms with Crippen LogP contribution in [0.3, 0.4) is 0 Å². The normalized spacial score (nSPS) is 21.5. The maximum Gasteiger partial charge on any atom is 0.252 e. The summed E-state index contributed by atoms with van der Waals surface area (Å²) in [4.78, 5) is 0. The van der Waals surface area contributed by atoms with Crippen molar-refractivity contribution < 1.29 is 13.2 Å². The molecule has 0 bridgehead atoms. The van der Waals surface area contributed by atoms with Crippen LogP contribution < -0.4 is 5.32 Å². The van der Waals surface area contributed by atoms with Crippen LogP contribution in [0.15, 0.2) is 24.3 Å². The monoisotopic (exact) mass is 307 g/mol. The topological polar surface area (TPSA) is 29.9 Å². The molecule has 2 heterocycles. The van der Waals surface area contributed by atoms with Crippen molar-refractivity contribution in [3.8, 4) is 11.3 Å². The van der Waals surface area contributed by atoms with Crippen LogP contribution in [0.5, 0.6) is 0 Å². The summed E-state index contributed by atoms with van der Waals surface area (Å²) in [6, 6.07) is 6.72. The van der Waals surface area contributed by atoms with E-state index < -0.39 is 11.5 Å². The number of aromatic nitrogens is 2. The molecule has 1 aromatic carbocycles. The van der Waals surface area contributed by atoms with Crippen molar-refractivity contribution in [2.45, 2.75) is 37.8 Å². The number of aryl methyl sites for hydroxylation is 1. The molecule has 116 valence electrons. The van der Waals surface area contributed by atoms with E-state index in [1.165, 1.54) is 6.07 Å². The number of benzene rings is 1.